The molecule has 1 N–H and O–H groups in total. The van der Waals surface area contributed by atoms with Crippen LogP contribution in [-0.2, 0) is 27.8 Å². The molecule has 5 rings (SSSR count). The summed E-state index contributed by atoms with van der Waals surface area (Å²) in [4.78, 5) is 11.4. The molecule has 0 aliphatic carbocycles. The smallest absolute Gasteiger partial charge is 0.263 e. The standard InChI is InChI=1S/C25H21F3N2O4S/c26-19-6-8-23(29-24(31)25-9-2-10-30(25)35(25,32)33)18(14-19)11-16-3-1-4-20(12-16)34-15-17-5-7-21(27)22(28)13-17/h1,3-8,12-14H,2,9-11,15H2,(H,29,31)/t25-,30?/m0/s1. The highest BCUT2D eigenvalue weighted by Gasteiger charge is 2.77. The van der Waals surface area contributed by atoms with Gasteiger partial charge in [0.05, 0.1) is 0 Å². The molecule has 10 heteroatoms. The number of amides is 1. The normalized spacial score (nSPS) is 21.9. The third-order valence-electron chi connectivity index (χ3n) is 6.32. The lowest BCUT2D eigenvalue weighted by atomic mass is 10.0. The van der Waals surface area contributed by atoms with E-state index < -0.39 is 38.3 Å². The van der Waals surface area contributed by atoms with Crippen LogP contribution in [-0.4, -0.2) is 30.0 Å². The molecule has 1 amide bonds. The summed E-state index contributed by atoms with van der Waals surface area (Å²) in [6, 6.07) is 14.4. The van der Waals surface area contributed by atoms with Crippen molar-refractivity contribution in [1.29, 1.82) is 0 Å². The van der Waals surface area contributed by atoms with Crippen LogP contribution in [0.1, 0.15) is 29.5 Å². The number of hydrogen-bond acceptors (Lipinski definition) is 4. The molecule has 2 fully saturated rings. The van der Waals surface area contributed by atoms with Gasteiger partial charge in [0.25, 0.3) is 5.91 Å². The molecule has 1 unspecified atom stereocenters. The van der Waals surface area contributed by atoms with E-state index in [0.29, 0.717) is 35.5 Å². The Morgan fingerprint density at radius 3 is 2.57 bits per heavy atom. The zero-order valence-electron chi connectivity index (χ0n) is 18.4. The first kappa shape index (κ1) is 23.4. The quantitative estimate of drug-likeness (QED) is 0.488. The van der Waals surface area contributed by atoms with Crippen LogP contribution in [0.5, 0.6) is 5.75 Å². The van der Waals surface area contributed by atoms with Gasteiger partial charge in [-0.3, -0.25) is 4.79 Å². The molecule has 0 bridgehead atoms. The number of carbonyl (C=O) groups excluding carboxylic acids is 1. The second kappa shape index (κ2) is 8.69. The van der Waals surface area contributed by atoms with Crippen LogP contribution in [0.4, 0.5) is 18.9 Å². The molecule has 2 aliphatic rings. The maximum Gasteiger partial charge on any atom is 0.263 e. The lowest BCUT2D eigenvalue weighted by molar-refractivity contribution is -0.118. The van der Waals surface area contributed by atoms with Gasteiger partial charge in [-0.05, 0) is 78.4 Å². The highest BCUT2D eigenvalue weighted by atomic mass is 32.2. The van der Waals surface area contributed by atoms with Crippen molar-refractivity contribution in [3.63, 3.8) is 0 Å². The number of carbonyl (C=O) groups is 1. The molecule has 0 saturated carbocycles. The summed E-state index contributed by atoms with van der Waals surface area (Å²) in [5, 5.41) is 2.69. The van der Waals surface area contributed by atoms with Crippen LogP contribution < -0.4 is 10.1 Å². The van der Waals surface area contributed by atoms with Gasteiger partial charge in [-0.2, -0.15) is 4.31 Å². The third kappa shape index (κ3) is 4.17. The fourth-order valence-corrected chi connectivity index (χ4v) is 6.68. The number of halogens is 3. The molecule has 182 valence electrons. The summed E-state index contributed by atoms with van der Waals surface area (Å²) in [5.41, 5.74) is 2.00. The molecule has 0 spiro atoms. The first-order chi connectivity index (χ1) is 16.7. The predicted molar refractivity (Wildman–Crippen MR) is 123 cm³/mol. The average Bonchev–Trinajstić information content (AvgIpc) is 3.13. The van der Waals surface area contributed by atoms with E-state index in [-0.39, 0.29) is 19.4 Å². The zero-order valence-corrected chi connectivity index (χ0v) is 19.2. The van der Waals surface area contributed by atoms with E-state index in [1.54, 1.807) is 24.3 Å². The molecule has 2 saturated heterocycles. The van der Waals surface area contributed by atoms with E-state index in [9.17, 15) is 26.4 Å². The van der Waals surface area contributed by atoms with Crippen LogP contribution in [0.15, 0.2) is 60.7 Å². The minimum Gasteiger partial charge on any atom is -0.489 e. The molecule has 2 atom stereocenters. The summed E-state index contributed by atoms with van der Waals surface area (Å²) < 4.78 is 72.0. The summed E-state index contributed by atoms with van der Waals surface area (Å²) in [5.74, 6) is -2.55. The summed E-state index contributed by atoms with van der Waals surface area (Å²) in [6.07, 6.45) is 1.08. The molecular formula is C25H21F3N2O4S. The van der Waals surface area contributed by atoms with E-state index in [1.807, 2.05) is 0 Å². The number of anilines is 1. The van der Waals surface area contributed by atoms with Gasteiger partial charge >= 0.3 is 0 Å². The van der Waals surface area contributed by atoms with Crippen molar-refractivity contribution in [2.24, 2.45) is 0 Å². The van der Waals surface area contributed by atoms with Gasteiger partial charge in [-0.1, -0.05) is 18.2 Å². The van der Waals surface area contributed by atoms with Crippen LogP contribution in [0.25, 0.3) is 0 Å². The van der Waals surface area contributed by atoms with E-state index >= 15 is 0 Å². The fourth-order valence-electron chi connectivity index (χ4n) is 4.51. The van der Waals surface area contributed by atoms with Crippen molar-refractivity contribution < 1.29 is 31.1 Å². The van der Waals surface area contributed by atoms with Crippen molar-refractivity contribution in [3.8, 4) is 5.75 Å². The second-order valence-corrected chi connectivity index (χ2v) is 10.6. The van der Waals surface area contributed by atoms with Gasteiger partial charge in [0.15, 0.2) is 11.6 Å². The first-order valence-corrected chi connectivity index (χ1v) is 12.4. The van der Waals surface area contributed by atoms with Crippen LogP contribution in [0.2, 0.25) is 0 Å². The lowest BCUT2D eigenvalue weighted by Gasteiger charge is -2.14. The number of sulfonamides is 1. The van der Waals surface area contributed by atoms with Crippen molar-refractivity contribution in [1.82, 2.24) is 4.31 Å². The molecule has 0 radical (unpaired) electrons. The molecule has 3 aromatic rings. The molecule has 2 aliphatic heterocycles. The molecular weight excluding hydrogens is 481 g/mol. The number of hydrogen-bond donors (Lipinski definition) is 1. The van der Waals surface area contributed by atoms with Crippen LogP contribution in [0, 0.1) is 17.5 Å². The summed E-state index contributed by atoms with van der Waals surface area (Å²) in [6.45, 7) is 0.346. The molecule has 3 aromatic carbocycles. The number of nitrogens with one attached hydrogen (secondary N) is 1. The Kier molecular flexibility index (Phi) is 5.80. The molecule has 6 nitrogen and oxygen atoms in total. The highest BCUT2D eigenvalue weighted by molar-refractivity contribution is 7.98. The molecule has 35 heavy (non-hydrogen) atoms. The Morgan fingerprint density at radius 2 is 1.83 bits per heavy atom. The minimum atomic E-state index is -3.61. The molecule has 0 aromatic heterocycles. The number of rotatable bonds is 7. The van der Waals surface area contributed by atoms with E-state index in [1.165, 1.54) is 28.6 Å². The summed E-state index contributed by atoms with van der Waals surface area (Å²) in [7, 11) is -3.61. The topological polar surface area (TPSA) is 75.5 Å². The van der Waals surface area contributed by atoms with Gasteiger partial charge < -0.3 is 10.1 Å². The second-order valence-electron chi connectivity index (χ2n) is 8.58. The minimum absolute atomic E-state index is 0.0228. The van der Waals surface area contributed by atoms with Crippen molar-refractivity contribution >= 4 is 21.6 Å². The predicted octanol–water partition coefficient (Wildman–Crippen LogP) is 4.35. The Morgan fingerprint density at radius 1 is 1.00 bits per heavy atom. The van der Waals surface area contributed by atoms with Crippen LogP contribution >= 0.6 is 0 Å². The van der Waals surface area contributed by atoms with Gasteiger partial charge in [-0.25, -0.2) is 21.6 Å². The number of ether oxygens (including phenoxy) is 1. The highest BCUT2D eigenvalue weighted by Crippen LogP contribution is 2.52. The van der Waals surface area contributed by atoms with Gasteiger partial charge in [-0.15, -0.1) is 0 Å². The van der Waals surface area contributed by atoms with E-state index in [0.717, 1.165) is 17.7 Å². The van der Waals surface area contributed by atoms with Crippen molar-refractivity contribution in [3.05, 3.63) is 94.8 Å². The van der Waals surface area contributed by atoms with Gasteiger partial charge in [0.2, 0.25) is 14.9 Å². The number of benzene rings is 3. The maximum atomic E-state index is 14.0. The SMILES string of the molecule is O=C(Nc1ccc(F)cc1Cc1cccc(OCc2ccc(F)c(F)c2)c1)[C@@]12CCCN1S2(=O)=O. The van der Waals surface area contributed by atoms with Crippen molar-refractivity contribution in [2.45, 2.75) is 30.7 Å². The average molecular weight is 503 g/mol. The lowest BCUT2D eigenvalue weighted by Crippen LogP contribution is -2.33. The van der Waals surface area contributed by atoms with Crippen molar-refractivity contribution in [2.75, 3.05) is 11.9 Å². The van der Waals surface area contributed by atoms with E-state index in [2.05, 4.69) is 5.32 Å². The zero-order chi connectivity index (χ0) is 24.8. The fraction of sp³-hybridized carbons (Fsp3) is 0.240. The first-order valence-electron chi connectivity index (χ1n) is 11.0. The Labute approximate surface area is 200 Å². The van der Waals surface area contributed by atoms with Gasteiger partial charge in [0, 0.05) is 12.2 Å². The summed E-state index contributed by atoms with van der Waals surface area (Å²) >= 11 is 0. The third-order valence-corrected chi connectivity index (χ3v) is 8.68. The number of nitrogens with zero attached hydrogens (tertiary/aromatic N) is 1. The number of fused-ring (bicyclic) bond motifs is 1. The van der Waals surface area contributed by atoms with E-state index in [4.69, 9.17) is 4.74 Å². The molecule has 2 heterocycles. The Bertz CT molecular complexity index is 1430. The monoisotopic (exact) mass is 502 g/mol. The largest absolute Gasteiger partial charge is 0.489 e. The Hall–Kier alpha value is -3.37. The van der Waals surface area contributed by atoms with Crippen LogP contribution in [0.3, 0.4) is 0 Å². The maximum absolute atomic E-state index is 14.0. The Balaban J connectivity index is 1.32. The van der Waals surface area contributed by atoms with Gasteiger partial charge in [0.1, 0.15) is 18.2 Å².